The number of hydrogen-bond donors (Lipinski definition) is 0. The summed E-state index contributed by atoms with van der Waals surface area (Å²) in [5.74, 6) is 0. The lowest BCUT2D eigenvalue weighted by atomic mass is 9.90. The van der Waals surface area contributed by atoms with Crippen LogP contribution >= 0.6 is 0 Å². The van der Waals surface area contributed by atoms with E-state index in [1.54, 1.807) is 24.3 Å². The van der Waals surface area contributed by atoms with Crippen molar-refractivity contribution in [2.45, 2.75) is 9.79 Å². The van der Waals surface area contributed by atoms with Gasteiger partial charge in [-0.2, -0.15) is 5.26 Å². The molecule has 0 aliphatic carbocycles. The van der Waals surface area contributed by atoms with Crippen LogP contribution in [0.1, 0.15) is 5.56 Å². The molecule has 14 aromatic carbocycles. The quantitative estimate of drug-likeness (QED) is 0.142. The van der Waals surface area contributed by atoms with Crippen LogP contribution in [0.4, 0.5) is 0 Å². The number of hydrogen-bond acceptors (Lipinski definition) is 3. The summed E-state index contributed by atoms with van der Waals surface area (Å²) in [5.41, 5.74) is 16.2. The summed E-state index contributed by atoms with van der Waals surface area (Å²) in [4.78, 5) is 0.522. The minimum atomic E-state index is -4.08. The van der Waals surface area contributed by atoms with Gasteiger partial charge in [-0.1, -0.05) is 218 Å². The Kier molecular flexibility index (Phi) is 11.0. The van der Waals surface area contributed by atoms with Gasteiger partial charge in [-0.15, -0.1) is 0 Å². The molecule has 4 aromatic heterocycles. The third-order valence-electron chi connectivity index (χ3n) is 18.3. The third-order valence-corrected chi connectivity index (χ3v) is 20.2. The van der Waals surface area contributed by atoms with E-state index >= 15 is 8.42 Å². The van der Waals surface area contributed by atoms with Crippen molar-refractivity contribution in [3.63, 3.8) is 0 Å². The molecular formula is C81H49N5O2S. The summed E-state index contributed by atoms with van der Waals surface area (Å²) in [6, 6.07) is 105. The summed E-state index contributed by atoms with van der Waals surface area (Å²) in [7, 11) is -4.08. The Bertz CT molecular complexity index is 6100. The number of para-hydroxylation sites is 5. The lowest BCUT2D eigenvalue weighted by Gasteiger charge is -2.21. The molecule has 0 bridgehead atoms. The number of rotatable bonds is 8. The molecule has 0 radical (unpaired) electrons. The molecule has 0 aliphatic heterocycles. The normalized spacial score (nSPS) is 12.1. The second kappa shape index (κ2) is 19.4. The zero-order chi connectivity index (χ0) is 59.1. The van der Waals surface area contributed by atoms with Crippen molar-refractivity contribution >= 4 is 119 Å². The molecule has 7 nitrogen and oxygen atoms in total. The molecule has 4 heterocycles. The molecule has 8 heteroatoms. The lowest BCUT2D eigenvalue weighted by Crippen LogP contribution is -2.07. The first-order valence-corrected chi connectivity index (χ1v) is 31.4. The van der Waals surface area contributed by atoms with Gasteiger partial charge in [0.25, 0.3) is 0 Å². The van der Waals surface area contributed by atoms with E-state index in [4.69, 9.17) is 0 Å². The number of fused-ring (bicyclic) bond motifs is 14. The van der Waals surface area contributed by atoms with Crippen molar-refractivity contribution in [3.8, 4) is 51.1 Å². The Labute approximate surface area is 511 Å². The van der Waals surface area contributed by atoms with Gasteiger partial charge in [0.15, 0.2) is 0 Å². The van der Waals surface area contributed by atoms with E-state index in [-0.39, 0.29) is 9.79 Å². The first-order valence-electron chi connectivity index (χ1n) is 29.9. The second-order valence-electron chi connectivity index (χ2n) is 23.0. The monoisotopic (exact) mass is 1160 g/mol. The largest absolute Gasteiger partial charge is 0.307 e. The van der Waals surface area contributed by atoms with Crippen LogP contribution in [0.3, 0.4) is 0 Å². The van der Waals surface area contributed by atoms with Gasteiger partial charge in [-0.3, -0.25) is 9.13 Å². The summed E-state index contributed by atoms with van der Waals surface area (Å²) in [6.45, 7) is 0. The van der Waals surface area contributed by atoms with Crippen LogP contribution in [0.25, 0.3) is 154 Å². The predicted octanol–water partition coefficient (Wildman–Crippen LogP) is 20.4. The van der Waals surface area contributed by atoms with E-state index in [0.29, 0.717) is 16.3 Å². The number of aromatic nitrogens is 4. The highest BCUT2D eigenvalue weighted by atomic mass is 32.2. The fourth-order valence-electron chi connectivity index (χ4n) is 14.7. The molecule has 416 valence electrons. The van der Waals surface area contributed by atoms with E-state index < -0.39 is 9.84 Å². The number of nitrogens with zero attached hydrogens (tertiary/aromatic N) is 5. The van der Waals surface area contributed by atoms with Crippen LogP contribution in [0, 0.1) is 11.3 Å². The predicted molar refractivity (Wildman–Crippen MR) is 366 cm³/mol. The van der Waals surface area contributed by atoms with Crippen molar-refractivity contribution in [2.24, 2.45) is 0 Å². The van der Waals surface area contributed by atoms with Gasteiger partial charge in [-0.25, -0.2) is 8.42 Å². The Morgan fingerprint density at radius 3 is 1.29 bits per heavy atom. The van der Waals surface area contributed by atoms with Crippen molar-refractivity contribution in [1.82, 2.24) is 18.3 Å². The molecule has 0 N–H and O–H groups in total. The molecule has 0 spiro atoms. The van der Waals surface area contributed by atoms with Gasteiger partial charge in [0, 0.05) is 70.6 Å². The van der Waals surface area contributed by atoms with Gasteiger partial charge in [0.05, 0.1) is 65.9 Å². The van der Waals surface area contributed by atoms with Crippen LogP contribution in [0.5, 0.6) is 0 Å². The SMILES string of the molecule is N#Cc1ccc(-c2c3ccccc3c(-n3c4ccccc4c4c5ccccc5n(-c5ccc(-c6ccc7c(S(=O)(=O)c8ccccc8)c8ccccc8c(-n8c9ccccc9c9c8c8ccccc8n9-c8ccccc8)c7c6)cc5)c43)c3ccccc23)cc1. The average Bonchev–Trinajstić information content (AvgIpc) is 1.59. The van der Waals surface area contributed by atoms with Crippen molar-refractivity contribution in [2.75, 3.05) is 0 Å². The second-order valence-corrected chi connectivity index (χ2v) is 24.9. The standard InChI is InChI=1S/C81H49N5O2S/c82-50-51-39-41-53(42-40-51)74-58-25-7-9-27-60(58)76(61-28-10-8-26-59(61)74)86-71-36-18-14-32-66(71)75-65-31-13-17-35-70(65)84(81(75)86)56-46-43-52(44-47-56)54-45-48-64-69(49-54)77(62-29-11-12-30-63(62)80(64)89(87,88)57-23-5-2-6-24-57)85-73-38-20-16-34-68(73)78-79(85)67-33-15-19-37-72(67)83(78)55-21-3-1-4-22-55/h1-49H. The molecule has 0 fully saturated rings. The fourth-order valence-corrected chi connectivity index (χ4v) is 16.4. The van der Waals surface area contributed by atoms with Crippen LogP contribution in [-0.2, 0) is 9.84 Å². The maximum absolute atomic E-state index is 15.5. The first kappa shape index (κ1) is 50.6. The van der Waals surface area contributed by atoms with Gasteiger partial charge in [-0.05, 0) is 112 Å². The highest BCUT2D eigenvalue weighted by Crippen LogP contribution is 2.50. The summed E-state index contributed by atoms with van der Waals surface area (Å²) < 4.78 is 40.6. The van der Waals surface area contributed by atoms with Crippen LogP contribution < -0.4 is 0 Å². The van der Waals surface area contributed by atoms with E-state index in [9.17, 15) is 5.26 Å². The Morgan fingerprint density at radius 2 is 0.708 bits per heavy atom. The number of benzene rings is 14. The van der Waals surface area contributed by atoms with E-state index in [1.807, 2.05) is 42.5 Å². The van der Waals surface area contributed by atoms with E-state index in [1.165, 1.54) is 5.39 Å². The molecule has 89 heavy (non-hydrogen) atoms. The average molecular weight is 1160 g/mol. The third kappa shape index (κ3) is 7.28. The molecule has 18 aromatic rings. The molecule has 18 rings (SSSR count). The minimum Gasteiger partial charge on any atom is -0.307 e. The van der Waals surface area contributed by atoms with Crippen molar-refractivity contribution in [3.05, 3.63) is 303 Å². The summed E-state index contributed by atoms with van der Waals surface area (Å²) in [5, 5.41) is 22.8. The number of nitriles is 1. The number of sulfone groups is 1. The van der Waals surface area contributed by atoms with Gasteiger partial charge in [0.2, 0.25) is 9.84 Å². The maximum Gasteiger partial charge on any atom is 0.207 e. The Hall–Kier alpha value is -11.8. The van der Waals surface area contributed by atoms with E-state index in [2.05, 4.69) is 255 Å². The van der Waals surface area contributed by atoms with Crippen LogP contribution in [0.2, 0.25) is 0 Å². The topological polar surface area (TPSA) is 77.7 Å². The van der Waals surface area contributed by atoms with Crippen molar-refractivity contribution < 1.29 is 8.42 Å². The minimum absolute atomic E-state index is 0.241. The fraction of sp³-hybridized carbons (Fsp3) is 0. The molecular weight excluding hydrogens is 1110 g/mol. The van der Waals surface area contributed by atoms with Crippen molar-refractivity contribution in [1.29, 1.82) is 5.26 Å². The van der Waals surface area contributed by atoms with Gasteiger partial charge < -0.3 is 9.13 Å². The summed E-state index contributed by atoms with van der Waals surface area (Å²) >= 11 is 0. The molecule has 0 aliphatic rings. The maximum atomic E-state index is 15.5. The zero-order valence-electron chi connectivity index (χ0n) is 47.8. The molecule has 0 saturated heterocycles. The molecule has 0 unspecified atom stereocenters. The Morgan fingerprint density at radius 1 is 0.303 bits per heavy atom. The van der Waals surface area contributed by atoms with Crippen LogP contribution in [0.15, 0.2) is 307 Å². The van der Waals surface area contributed by atoms with E-state index in [0.717, 1.165) is 138 Å². The van der Waals surface area contributed by atoms with Gasteiger partial charge in [0.1, 0.15) is 5.65 Å². The first-order chi connectivity index (χ1) is 43.9. The highest BCUT2D eigenvalue weighted by Gasteiger charge is 2.31. The Balaban J connectivity index is 0.895. The molecule has 0 amide bonds. The zero-order valence-corrected chi connectivity index (χ0v) is 48.6. The summed E-state index contributed by atoms with van der Waals surface area (Å²) in [6.07, 6.45) is 0. The molecule has 0 atom stereocenters. The smallest absolute Gasteiger partial charge is 0.207 e. The molecule has 0 saturated carbocycles. The lowest BCUT2D eigenvalue weighted by molar-refractivity contribution is 0.597. The van der Waals surface area contributed by atoms with Gasteiger partial charge >= 0.3 is 0 Å². The highest BCUT2D eigenvalue weighted by molar-refractivity contribution is 7.92. The van der Waals surface area contributed by atoms with Crippen LogP contribution in [-0.4, -0.2) is 26.7 Å².